The fourth-order valence-corrected chi connectivity index (χ4v) is 2.53. The van der Waals surface area contributed by atoms with E-state index in [9.17, 15) is 0 Å². The Bertz CT molecular complexity index is 589. The molecule has 0 spiro atoms. The van der Waals surface area contributed by atoms with Gasteiger partial charge in [-0.1, -0.05) is 23.9 Å². The fraction of sp³-hybridized carbons (Fsp3) is 0.385. The number of tetrazole rings is 1. The van der Waals surface area contributed by atoms with Crippen molar-refractivity contribution in [3.63, 3.8) is 0 Å². The van der Waals surface area contributed by atoms with E-state index in [0.29, 0.717) is 5.56 Å². The molecule has 0 saturated heterocycles. The van der Waals surface area contributed by atoms with Gasteiger partial charge in [-0.2, -0.15) is 5.26 Å². The van der Waals surface area contributed by atoms with Crippen molar-refractivity contribution in [2.45, 2.75) is 37.2 Å². The molecule has 19 heavy (non-hydrogen) atoms. The monoisotopic (exact) mass is 273 g/mol. The van der Waals surface area contributed by atoms with Crippen molar-refractivity contribution in [1.82, 2.24) is 20.2 Å². The predicted octanol–water partition coefficient (Wildman–Crippen LogP) is 2.59. The van der Waals surface area contributed by atoms with Gasteiger partial charge >= 0.3 is 0 Å². The zero-order valence-electron chi connectivity index (χ0n) is 11.2. The second kappa shape index (κ2) is 5.41. The minimum Gasteiger partial charge on any atom is -0.215 e. The molecular weight excluding hydrogens is 258 g/mol. The first-order chi connectivity index (χ1) is 9.00. The first kappa shape index (κ1) is 13.6. The van der Waals surface area contributed by atoms with Crippen molar-refractivity contribution in [1.29, 1.82) is 5.26 Å². The van der Waals surface area contributed by atoms with Crippen molar-refractivity contribution in [2.75, 3.05) is 0 Å². The minimum atomic E-state index is -0.128. The highest BCUT2D eigenvalue weighted by Gasteiger charge is 2.19. The molecule has 0 N–H and O–H groups in total. The van der Waals surface area contributed by atoms with E-state index in [1.807, 2.05) is 28.9 Å². The first-order valence-electron chi connectivity index (χ1n) is 5.91. The summed E-state index contributed by atoms with van der Waals surface area (Å²) in [7, 11) is 0. The SMILES string of the molecule is CC(C)(C)n1nnnc1SCc1ccc(C#N)cc1. The van der Waals surface area contributed by atoms with Crippen LogP contribution < -0.4 is 0 Å². The van der Waals surface area contributed by atoms with Crippen molar-refractivity contribution in [2.24, 2.45) is 0 Å². The molecule has 0 amide bonds. The average molecular weight is 273 g/mol. The number of hydrogen-bond acceptors (Lipinski definition) is 5. The van der Waals surface area contributed by atoms with E-state index < -0.39 is 0 Å². The maximum absolute atomic E-state index is 8.75. The van der Waals surface area contributed by atoms with E-state index in [2.05, 4.69) is 42.4 Å². The topological polar surface area (TPSA) is 67.4 Å². The third-order valence-corrected chi connectivity index (χ3v) is 3.52. The van der Waals surface area contributed by atoms with Crippen LogP contribution in [0.3, 0.4) is 0 Å². The summed E-state index contributed by atoms with van der Waals surface area (Å²) in [5.41, 5.74) is 1.69. The van der Waals surface area contributed by atoms with Crippen LogP contribution in [0.1, 0.15) is 31.9 Å². The van der Waals surface area contributed by atoms with E-state index in [-0.39, 0.29) is 5.54 Å². The van der Waals surface area contributed by atoms with E-state index in [1.165, 1.54) is 0 Å². The van der Waals surface area contributed by atoms with Crippen molar-refractivity contribution in [3.8, 4) is 6.07 Å². The average Bonchev–Trinajstić information content (AvgIpc) is 2.85. The Labute approximate surface area is 116 Å². The van der Waals surface area contributed by atoms with E-state index in [4.69, 9.17) is 5.26 Å². The first-order valence-corrected chi connectivity index (χ1v) is 6.90. The van der Waals surface area contributed by atoms with Crippen LogP contribution in [0.25, 0.3) is 0 Å². The van der Waals surface area contributed by atoms with Gasteiger partial charge in [0.05, 0.1) is 17.2 Å². The summed E-state index contributed by atoms with van der Waals surface area (Å²) in [6.45, 7) is 6.19. The molecule has 0 aliphatic rings. The Hall–Kier alpha value is -1.87. The molecular formula is C13H15N5S. The Morgan fingerprint density at radius 3 is 2.53 bits per heavy atom. The van der Waals surface area contributed by atoms with Crippen LogP contribution in [0.15, 0.2) is 29.4 Å². The zero-order chi connectivity index (χ0) is 13.9. The van der Waals surface area contributed by atoms with Gasteiger partial charge in [-0.25, -0.2) is 4.68 Å². The van der Waals surface area contributed by atoms with Crippen molar-refractivity contribution in [3.05, 3.63) is 35.4 Å². The predicted molar refractivity (Wildman–Crippen MR) is 73.5 cm³/mol. The summed E-state index contributed by atoms with van der Waals surface area (Å²) in [5.74, 6) is 0.780. The Kier molecular flexibility index (Phi) is 3.86. The molecule has 0 fully saturated rings. The van der Waals surface area contributed by atoms with Crippen LogP contribution in [-0.2, 0) is 11.3 Å². The molecule has 0 saturated carbocycles. The summed E-state index contributed by atoms with van der Waals surface area (Å²) in [5, 5.41) is 21.3. The van der Waals surface area contributed by atoms with Gasteiger partial charge in [-0.3, -0.25) is 0 Å². The second-order valence-corrected chi connectivity index (χ2v) is 6.08. The van der Waals surface area contributed by atoms with E-state index >= 15 is 0 Å². The molecule has 98 valence electrons. The lowest BCUT2D eigenvalue weighted by Gasteiger charge is -2.19. The van der Waals surface area contributed by atoms with Gasteiger partial charge < -0.3 is 0 Å². The minimum absolute atomic E-state index is 0.128. The number of nitriles is 1. The van der Waals surface area contributed by atoms with Gasteiger partial charge in [-0.15, -0.1) is 5.10 Å². The summed E-state index contributed by atoms with van der Waals surface area (Å²) >= 11 is 1.59. The third kappa shape index (κ3) is 3.32. The Morgan fingerprint density at radius 1 is 1.26 bits per heavy atom. The van der Waals surface area contributed by atoms with Crippen LogP contribution in [0.5, 0.6) is 0 Å². The molecule has 2 aromatic rings. The van der Waals surface area contributed by atoms with Crippen LogP contribution in [0, 0.1) is 11.3 Å². The molecule has 0 radical (unpaired) electrons. The summed E-state index contributed by atoms with van der Waals surface area (Å²) in [6.07, 6.45) is 0. The molecule has 0 unspecified atom stereocenters. The smallest absolute Gasteiger partial charge is 0.210 e. The number of benzene rings is 1. The summed E-state index contributed by atoms with van der Waals surface area (Å²) < 4.78 is 1.82. The highest BCUT2D eigenvalue weighted by Crippen LogP contribution is 2.24. The van der Waals surface area contributed by atoms with Gasteiger partial charge in [0.2, 0.25) is 5.16 Å². The normalized spacial score (nSPS) is 11.3. The Morgan fingerprint density at radius 2 is 1.95 bits per heavy atom. The molecule has 5 nitrogen and oxygen atoms in total. The van der Waals surface area contributed by atoms with Crippen LogP contribution in [0.4, 0.5) is 0 Å². The van der Waals surface area contributed by atoms with Gasteiger partial charge in [0.15, 0.2) is 0 Å². The number of nitrogens with zero attached hydrogens (tertiary/aromatic N) is 5. The highest BCUT2D eigenvalue weighted by molar-refractivity contribution is 7.98. The number of hydrogen-bond donors (Lipinski definition) is 0. The van der Waals surface area contributed by atoms with Gasteiger partial charge in [0.1, 0.15) is 0 Å². The molecule has 0 aliphatic carbocycles. The lowest BCUT2D eigenvalue weighted by atomic mass is 10.1. The summed E-state index contributed by atoms with van der Waals surface area (Å²) in [6, 6.07) is 9.66. The van der Waals surface area contributed by atoms with Crippen LogP contribution in [0.2, 0.25) is 0 Å². The second-order valence-electron chi connectivity index (χ2n) is 5.14. The maximum Gasteiger partial charge on any atom is 0.210 e. The molecule has 6 heteroatoms. The van der Waals surface area contributed by atoms with Gasteiger partial charge in [-0.05, 0) is 48.9 Å². The maximum atomic E-state index is 8.75. The molecule has 1 aromatic carbocycles. The number of aromatic nitrogens is 4. The third-order valence-electron chi connectivity index (χ3n) is 2.53. The molecule has 0 bridgehead atoms. The largest absolute Gasteiger partial charge is 0.215 e. The quantitative estimate of drug-likeness (QED) is 0.804. The molecule has 1 heterocycles. The molecule has 0 atom stereocenters. The van der Waals surface area contributed by atoms with Crippen LogP contribution >= 0.6 is 11.8 Å². The summed E-state index contributed by atoms with van der Waals surface area (Å²) in [4.78, 5) is 0. The fourth-order valence-electron chi connectivity index (χ4n) is 1.51. The molecule has 0 aliphatic heterocycles. The highest BCUT2D eigenvalue weighted by atomic mass is 32.2. The molecule has 2 rings (SSSR count). The van der Waals surface area contributed by atoms with Crippen molar-refractivity contribution < 1.29 is 0 Å². The Balaban J connectivity index is 2.07. The lowest BCUT2D eigenvalue weighted by molar-refractivity contribution is 0.321. The molecule has 1 aromatic heterocycles. The van der Waals surface area contributed by atoms with E-state index in [0.717, 1.165) is 16.5 Å². The van der Waals surface area contributed by atoms with Crippen molar-refractivity contribution >= 4 is 11.8 Å². The number of thioether (sulfide) groups is 1. The van der Waals surface area contributed by atoms with Crippen LogP contribution in [-0.4, -0.2) is 20.2 Å². The standard InChI is InChI=1S/C13H15N5S/c1-13(2,3)18-12(15-16-17-18)19-9-11-6-4-10(8-14)5-7-11/h4-7H,9H2,1-3H3. The van der Waals surface area contributed by atoms with Gasteiger partial charge in [0, 0.05) is 5.75 Å². The number of rotatable bonds is 3. The lowest BCUT2D eigenvalue weighted by Crippen LogP contribution is -2.24. The van der Waals surface area contributed by atoms with E-state index in [1.54, 1.807) is 11.8 Å². The zero-order valence-corrected chi connectivity index (χ0v) is 12.0. The van der Waals surface area contributed by atoms with Gasteiger partial charge in [0.25, 0.3) is 0 Å².